The van der Waals surface area contributed by atoms with Crippen molar-refractivity contribution in [3.63, 3.8) is 0 Å². The summed E-state index contributed by atoms with van der Waals surface area (Å²) in [6, 6.07) is 2.83. The summed E-state index contributed by atoms with van der Waals surface area (Å²) in [4.78, 5) is 56.0. The minimum absolute atomic E-state index is 0.0505. The first-order chi connectivity index (χ1) is 21.8. The molecule has 5 atom stereocenters. The minimum Gasteiger partial charge on any atom is -0.496 e. The average Bonchev–Trinajstić information content (AvgIpc) is 3.31. The normalized spacial score (nSPS) is 27.7. The SMILES string of the molecule is COc1ccc(-c2nnn([C@@H]3C[C@H]4C(=O)N[C@]5(C(=O)O)C[C@@H]5/C=C\CCCCC[C@H](NC(=O)OC(C)(C)C)C(=O)N4C3)n2)cc1Br. The van der Waals surface area contributed by atoms with Gasteiger partial charge in [0.15, 0.2) is 0 Å². The zero-order valence-corrected chi connectivity index (χ0v) is 27.9. The van der Waals surface area contributed by atoms with Gasteiger partial charge >= 0.3 is 12.1 Å². The number of carboxylic acids is 1. The van der Waals surface area contributed by atoms with Gasteiger partial charge in [-0.25, -0.2) is 9.59 Å². The first-order valence-electron chi connectivity index (χ1n) is 15.5. The summed E-state index contributed by atoms with van der Waals surface area (Å²) in [7, 11) is 1.56. The summed E-state index contributed by atoms with van der Waals surface area (Å²) in [6.45, 7) is 5.25. The van der Waals surface area contributed by atoms with E-state index in [1.165, 1.54) is 9.70 Å². The Balaban J connectivity index is 1.44. The zero-order chi connectivity index (χ0) is 33.2. The van der Waals surface area contributed by atoms with Crippen LogP contribution in [0.3, 0.4) is 0 Å². The molecule has 248 valence electrons. The number of halogens is 1. The lowest BCUT2D eigenvalue weighted by Gasteiger charge is -2.30. The van der Waals surface area contributed by atoms with Crippen LogP contribution in [0.25, 0.3) is 11.4 Å². The Morgan fingerprint density at radius 2 is 1.98 bits per heavy atom. The topological polar surface area (TPSA) is 178 Å². The molecular weight excluding hydrogens is 662 g/mol. The highest BCUT2D eigenvalue weighted by atomic mass is 79.9. The number of aromatic nitrogens is 4. The van der Waals surface area contributed by atoms with E-state index < -0.39 is 53.1 Å². The van der Waals surface area contributed by atoms with Crippen LogP contribution in [0, 0.1) is 5.92 Å². The van der Waals surface area contributed by atoms with Gasteiger partial charge in [-0.1, -0.05) is 25.0 Å². The molecule has 2 aromatic rings. The van der Waals surface area contributed by atoms with E-state index in [1.54, 1.807) is 46.1 Å². The fraction of sp³-hybridized carbons (Fsp3) is 0.581. The van der Waals surface area contributed by atoms with Crippen LogP contribution in [0.1, 0.15) is 71.8 Å². The van der Waals surface area contributed by atoms with Crippen molar-refractivity contribution < 1.29 is 33.8 Å². The molecule has 1 aromatic carbocycles. The highest BCUT2D eigenvalue weighted by molar-refractivity contribution is 9.10. The van der Waals surface area contributed by atoms with Crippen LogP contribution in [-0.2, 0) is 19.1 Å². The summed E-state index contributed by atoms with van der Waals surface area (Å²) in [5.74, 6) is -1.53. The molecule has 3 aliphatic rings. The molecule has 3 amide bonds. The molecule has 3 N–H and O–H groups in total. The van der Waals surface area contributed by atoms with Crippen LogP contribution >= 0.6 is 15.9 Å². The lowest BCUT2D eigenvalue weighted by Crippen LogP contribution is -2.56. The third kappa shape index (κ3) is 7.34. The molecular formula is C31H40BrN7O7. The second kappa shape index (κ2) is 13.4. The molecule has 1 saturated heterocycles. The van der Waals surface area contributed by atoms with E-state index in [0.717, 1.165) is 19.3 Å². The maximum Gasteiger partial charge on any atom is 0.408 e. The van der Waals surface area contributed by atoms with Gasteiger partial charge in [0, 0.05) is 24.4 Å². The molecule has 0 bridgehead atoms. The van der Waals surface area contributed by atoms with Crippen LogP contribution in [-0.4, -0.2) is 91.0 Å². The minimum atomic E-state index is -1.44. The van der Waals surface area contributed by atoms with Gasteiger partial charge in [0.1, 0.15) is 29.0 Å². The Morgan fingerprint density at radius 1 is 1.20 bits per heavy atom. The van der Waals surface area contributed by atoms with E-state index in [1.807, 2.05) is 12.2 Å². The van der Waals surface area contributed by atoms with E-state index >= 15 is 0 Å². The summed E-state index contributed by atoms with van der Waals surface area (Å²) in [5, 5.41) is 28.6. The number of fused-ring (bicyclic) bond motifs is 2. The van der Waals surface area contributed by atoms with Crippen molar-refractivity contribution >= 4 is 39.8 Å². The molecule has 2 aliphatic heterocycles. The third-order valence-corrected chi connectivity index (χ3v) is 9.11. The number of carboxylic acid groups (broad SMARTS) is 1. The van der Waals surface area contributed by atoms with Gasteiger partial charge in [-0.2, -0.15) is 4.80 Å². The van der Waals surface area contributed by atoms with Crippen molar-refractivity contribution in [1.29, 1.82) is 0 Å². The van der Waals surface area contributed by atoms with Gasteiger partial charge in [-0.15, -0.1) is 10.2 Å². The van der Waals surface area contributed by atoms with Crippen molar-refractivity contribution in [3.05, 3.63) is 34.8 Å². The van der Waals surface area contributed by atoms with Gasteiger partial charge in [0.2, 0.25) is 17.6 Å². The number of nitrogens with one attached hydrogen (secondary N) is 2. The smallest absolute Gasteiger partial charge is 0.408 e. The number of carbonyl (C=O) groups excluding carboxylic acids is 3. The van der Waals surface area contributed by atoms with Gasteiger partial charge in [0.05, 0.1) is 17.6 Å². The van der Waals surface area contributed by atoms with Gasteiger partial charge in [-0.3, -0.25) is 9.59 Å². The molecule has 2 fully saturated rings. The van der Waals surface area contributed by atoms with Crippen LogP contribution in [0.5, 0.6) is 5.75 Å². The van der Waals surface area contributed by atoms with Crippen LogP contribution in [0.15, 0.2) is 34.8 Å². The summed E-state index contributed by atoms with van der Waals surface area (Å²) in [6.07, 6.45) is 6.85. The fourth-order valence-corrected chi connectivity index (χ4v) is 6.54. The highest BCUT2D eigenvalue weighted by Gasteiger charge is 2.61. The molecule has 0 unspecified atom stereocenters. The summed E-state index contributed by atoms with van der Waals surface area (Å²) < 4.78 is 11.5. The summed E-state index contributed by atoms with van der Waals surface area (Å²) in [5.41, 5.74) is -1.53. The monoisotopic (exact) mass is 701 g/mol. The number of benzene rings is 1. The number of rotatable bonds is 5. The molecule has 46 heavy (non-hydrogen) atoms. The maximum atomic E-state index is 14.2. The van der Waals surface area contributed by atoms with Gasteiger partial charge < -0.3 is 30.1 Å². The second-order valence-electron chi connectivity index (χ2n) is 13.0. The second-order valence-corrected chi connectivity index (χ2v) is 13.9. The number of allylic oxidation sites excluding steroid dienone is 1. The van der Waals surface area contributed by atoms with Gasteiger partial charge in [-0.05, 0) is 85.8 Å². The van der Waals surface area contributed by atoms with Crippen LogP contribution in [0.4, 0.5) is 4.79 Å². The molecule has 5 rings (SSSR count). The predicted octanol–water partition coefficient (Wildman–Crippen LogP) is 3.63. The lowest BCUT2D eigenvalue weighted by molar-refractivity contribution is -0.145. The van der Waals surface area contributed by atoms with Crippen molar-refractivity contribution in [2.24, 2.45) is 5.92 Å². The number of aliphatic carboxylic acids is 1. The molecule has 1 aliphatic carbocycles. The number of ether oxygens (including phenoxy) is 2. The molecule has 0 spiro atoms. The van der Waals surface area contributed by atoms with E-state index in [9.17, 15) is 24.3 Å². The van der Waals surface area contributed by atoms with E-state index in [0.29, 0.717) is 34.5 Å². The Kier molecular flexibility index (Phi) is 9.70. The first kappa shape index (κ1) is 33.4. The Morgan fingerprint density at radius 3 is 2.67 bits per heavy atom. The van der Waals surface area contributed by atoms with E-state index in [4.69, 9.17) is 9.47 Å². The number of amides is 3. The average molecular weight is 703 g/mol. The van der Waals surface area contributed by atoms with Crippen molar-refractivity contribution in [1.82, 2.24) is 35.7 Å². The number of hydrogen-bond donors (Lipinski definition) is 3. The van der Waals surface area contributed by atoms with Crippen molar-refractivity contribution in [2.45, 2.75) is 95.0 Å². The largest absolute Gasteiger partial charge is 0.496 e. The molecule has 15 heteroatoms. The molecule has 1 aromatic heterocycles. The first-order valence-corrected chi connectivity index (χ1v) is 16.3. The van der Waals surface area contributed by atoms with E-state index in [-0.39, 0.29) is 25.3 Å². The lowest BCUT2D eigenvalue weighted by atomic mass is 10.0. The van der Waals surface area contributed by atoms with Crippen molar-refractivity contribution in [3.8, 4) is 17.1 Å². The quantitative estimate of drug-likeness (QED) is 0.390. The molecule has 1 saturated carbocycles. The Hall–Kier alpha value is -4.01. The van der Waals surface area contributed by atoms with E-state index in [2.05, 4.69) is 42.0 Å². The zero-order valence-electron chi connectivity index (χ0n) is 26.4. The number of tetrazole rings is 1. The Labute approximate surface area is 275 Å². The number of methoxy groups -OCH3 is 1. The fourth-order valence-electron chi connectivity index (χ4n) is 6.00. The van der Waals surface area contributed by atoms with Gasteiger partial charge in [0.25, 0.3) is 0 Å². The highest BCUT2D eigenvalue weighted by Crippen LogP contribution is 2.45. The number of nitrogens with zero attached hydrogens (tertiary/aromatic N) is 5. The number of alkyl carbamates (subject to hydrolysis) is 1. The molecule has 0 radical (unpaired) electrons. The number of hydrogen-bond acceptors (Lipinski definition) is 9. The van der Waals surface area contributed by atoms with Crippen LogP contribution < -0.4 is 15.4 Å². The van der Waals surface area contributed by atoms with Crippen molar-refractivity contribution in [2.75, 3.05) is 13.7 Å². The number of carbonyl (C=O) groups is 4. The third-order valence-electron chi connectivity index (χ3n) is 8.49. The van der Waals surface area contributed by atoms with Crippen LogP contribution in [0.2, 0.25) is 0 Å². The standard InChI is InChI=1S/C31H40BrN7O7/c1-30(2,3)46-29(44)33-22-11-9-7-5-6-8-10-19-16-31(19,28(42)43)34-26(40)23-15-20(17-38(23)27(22)41)39-36-25(35-37-39)18-12-13-24(45-4)21(32)14-18/h8,10,12-14,19-20,22-23H,5-7,9,11,15-17H2,1-4H3,(H,33,44)(H,34,40)(H,42,43)/b10-8-/t19-,20+,22-,23-,31+/m0/s1. The Bertz CT molecular complexity index is 1520. The molecule has 14 nitrogen and oxygen atoms in total. The predicted molar refractivity (Wildman–Crippen MR) is 169 cm³/mol. The summed E-state index contributed by atoms with van der Waals surface area (Å²) >= 11 is 3.46. The molecule has 3 heterocycles. The maximum absolute atomic E-state index is 14.2.